The number of hydrogen-bond acceptors (Lipinski definition) is 3. The maximum Gasteiger partial charge on any atom is 0.194 e. The minimum atomic E-state index is 0.749. The van der Waals surface area contributed by atoms with Crippen molar-refractivity contribution in [1.29, 1.82) is 0 Å². The lowest BCUT2D eigenvalue weighted by molar-refractivity contribution is -0.104. The summed E-state index contributed by atoms with van der Waals surface area (Å²) in [6.07, 6.45) is 3.60. The van der Waals surface area contributed by atoms with E-state index in [-0.39, 0.29) is 0 Å². The fourth-order valence-corrected chi connectivity index (χ4v) is 2.61. The molecule has 0 radical (unpaired) electrons. The molecule has 0 saturated heterocycles. The van der Waals surface area contributed by atoms with Crippen molar-refractivity contribution < 1.29 is 4.79 Å². The number of aromatic nitrogens is 2. The standard InChI is InChI=1S/C12H14N2OS/c1-4-10(6-15)5-11-9(3)13-12-14(11)8(2)7-16-12/h5-7H,4H2,1-3H3. The summed E-state index contributed by atoms with van der Waals surface area (Å²) >= 11 is 1.63. The van der Waals surface area contributed by atoms with E-state index < -0.39 is 0 Å². The molecule has 84 valence electrons. The summed E-state index contributed by atoms with van der Waals surface area (Å²) in [6.45, 7) is 6.01. The van der Waals surface area contributed by atoms with Gasteiger partial charge in [-0.2, -0.15) is 0 Å². The molecule has 2 heterocycles. The number of rotatable bonds is 3. The fraction of sp³-hybridized carbons (Fsp3) is 0.333. The Balaban J connectivity index is 2.66. The van der Waals surface area contributed by atoms with Gasteiger partial charge in [-0.3, -0.25) is 9.20 Å². The Morgan fingerprint density at radius 3 is 2.94 bits per heavy atom. The fourth-order valence-electron chi connectivity index (χ4n) is 1.69. The van der Waals surface area contributed by atoms with E-state index >= 15 is 0 Å². The van der Waals surface area contributed by atoms with Crippen LogP contribution in [0.4, 0.5) is 0 Å². The Bertz CT molecular complexity index is 563. The molecule has 4 heteroatoms. The van der Waals surface area contributed by atoms with Gasteiger partial charge in [0, 0.05) is 11.1 Å². The van der Waals surface area contributed by atoms with Gasteiger partial charge in [-0.05, 0) is 31.9 Å². The van der Waals surface area contributed by atoms with Crippen LogP contribution in [-0.4, -0.2) is 15.7 Å². The van der Waals surface area contributed by atoms with Gasteiger partial charge in [-0.25, -0.2) is 4.98 Å². The van der Waals surface area contributed by atoms with E-state index in [1.807, 2.05) is 19.9 Å². The molecule has 3 nitrogen and oxygen atoms in total. The maximum absolute atomic E-state index is 10.8. The van der Waals surface area contributed by atoms with Crippen molar-refractivity contribution in [2.75, 3.05) is 0 Å². The Morgan fingerprint density at radius 2 is 2.31 bits per heavy atom. The topological polar surface area (TPSA) is 34.4 Å². The molecule has 0 bridgehead atoms. The highest BCUT2D eigenvalue weighted by molar-refractivity contribution is 7.15. The van der Waals surface area contributed by atoms with Gasteiger partial charge in [0.2, 0.25) is 0 Å². The van der Waals surface area contributed by atoms with Crippen LogP contribution in [0.15, 0.2) is 11.0 Å². The highest BCUT2D eigenvalue weighted by atomic mass is 32.1. The van der Waals surface area contributed by atoms with Gasteiger partial charge < -0.3 is 0 Å². The zero-order valence-electron chi connectivity index (χ0n) is 9.65. The van der Waals surface area contributed by atoms with E-state index in [0.29, 0.717) is 0 Å². The first-order valence-electron chi connectivity index (χ1n) is 5.26. The van der Waals surface area contributed by atoms with Crippen LogP contribution in [0.2, 0.25) is 0 Å². The Hall–Kier alpha value is -1.42. The lowest BCUT2D eigenvalue weighted by Gasteiger charge is -1.98. The summed E-state index contributed by atoms with van der Waals surface area (Å²) in [5.74, 6) is 0. The van der Waals surface area contributed by atoms with E-state index in [2.05, 4.69) is 21.7 Å². The second-order valence-electron chi connectivity index (χ2n) is 3.77. The Kier molecular flexibility index (Phi) is 2.92. The molecule has 0 spiro atoms. The van der Waals surface area contributed by atoms with Crippen molar-refractivity contribution in [3.05, 3.63) is 28.0 Å². The molecule has 0 fully saturated rings. The van der Waals surface area contributed by atoms with E-state index in [0.717, 1.165) is 40.3 Å². The van der Waals surface area contributed by atoms with E-state index in [4.69, 9.17) is 0 Å². The average molecular weight is 234 g/mol. The first-order chi connectivity index (χ1) is 7.67. The second kappa shape index (κ2) is 4.22. The molecule has 0 aliphatic rings. The number of aldehydes is 1. The van der Waals surface area contributed by atoms with Crippen molar-refractivity contribution in [1.82, 2.24) is 9.38 Å². The highest BCUT2D eigenvalue weighted by Gasteiger charge is 2.10. The Labute approximate surface area is 98.4 Å². The number of thiazole rings is 1. The van der Waals surface area contributed by atoms with Crippen molar-refractivity contribution >= 4 is 28.7 Å². The molecule has 2 aromatic heterocycles. The van der Waals surface area contributed by atoms with Crippen LogP contribution < -0.4 is 0 Å². The minimum absolute atomic E-state index is 0.749. The van der Waals surface area contributed by atoms with E-state index in [1.54, 1.807) is 11.3 Å². The van der Waals surface area contributed by atoms with Crippen LogP contribution in [0.1, 0.15) is 30.4 Å². The van der Waals surface area contributed by atoms with Gasteiger partial charge in [-0.15, -0.1) is 11.3 Å². The summed E-state index contributed by atoms with van der Waals surface area (Å²) < 4.78 is 2.10. The summed E-state index contributed by atoms with van der Waals surface area (Å²) in [5.41, 5.74) is 3.96. The molecular weight excluding hydrogens is 220 g/mol. The first kappa shape index (κ1) is 11.1. The summed E-state index contributed by atoms with van der Waals surface area (Å²) in [7, 11) is 0. The predicted molar refractivity (Wildman–Crippen MR) is 66.9 cm³/mol. The van der Waals surface area contributed by atoms with E-state index in [9.17, 15) is 4.79 Å². The molecule has 16 heavy (non-hydrogen) atoms. The zero-order valence-corrected chi connectivity index (χ0v) is 10.5. The number of nitrogens with zero attached hydrogens (tertiary/aromatic N) is 2. The van der Waals surface area contributed by atoms with Crippen LogP contribution in [0.25, 0.3) is 11.0 Å². The molecule has 2 aromatic rings. The number of hydrogen-bond donors (Lipinski definition) is 0. The molecule has 0 aromatic carbocycles. The maximum atomic E-state index is 10.8. The van der Waals surface area contributed by atoms with Gasteiger partial charge in [-0.1, -0.05) is 6.92 Å². The largest absolute Gasteiger partial charge is 0.298 e. The van der Waals surface area contributed by atoms with Crippen LogP contribution >= 0.6 is 11.3 Å². The molecule has 0 amide bonds. The number of carbonyl (C=O) groups is 1. The molecule has 0 N–H and O–H groups in total. The van der Waals surface area contributed by atoms with Crippen molar-refractivity contribution in [3.63, 3.8) is 0 Å². The van der Waals surface area contributed by atoms with Crippen molar-refractivity contribution in [2.45, 2.75) is 27.2 Å². The monoisotopic (exact) mass is 234 g/mol. The van der Waals surface area contributed by atoms with E-state index in [1.165, 1.54) is 0 Å². The summed E-state index contributed by atoms with van der Waals surface area (Å²) in [4.78, 5) is 16.3. The lowest BCUT2D eigenvalue weighted by atomic mass is 10.2. The molecule has 0 saturated carbocycles. The van der Waals surface area contributed by atoms with Gasteiger partial charge in [0.05, 0.1) is 11.4 Å². The number of carbonyl (C=O) groups excluding carboxylic acids is 1. The van der Waals surface area contributed by atoms with Gasteiger partial charge in [0.15, 0.2) is 4.96 Å². The van der Waals surface area contributed by atoms with Crippen LogP contribution in [0.3, 0.4) is 0 Å². The predicted octanol–water partition coefficient (Wildman–Crippen LogP) is 3.00. The zero-order chi connectivity index (χ0) is 11.7. The summed E-state index contributed by atoms with van der Waals surface area (Å²) in [6, 6.07) is 0. The van der Waals surface area contributed by atoms with Crippen molar-refractivity contribution in [3.8, 4) is 0 Å². The third kappa shape index (κ3) is 1.69. The molecule has 0 aliphatic heterocycles. The van der Waals surface area contributed by atoms with Crippen LogP contribution in [0, 0.1) is 13.8 Å². The van der Waals surface area contributed by atoms with Crippen molar-refractivity contribution in [2.24, 2.45) is 0 Å². The van der Waals surface area contributed by atoms with Gasteiger partial charge in [0.1, 0.15) is 6.29 Å². The summed E-state index contributed by atoms with van der Waals surface area (Å²) in [5, 5.41) is 2.08. The minimum Gasteiger partial charge on any atom is -0.298 e. The number of imidazole rings is 1. The number of allylic oxidation sites excluding steroid dienone is 1. The molecular formula is C12H14N2OS. The Morgan fingerprint density at radius 1 is 1.56 bits per heavy atom. The first-order valence-corrected chi connectivity index (χ1v) is 6.14. The average Bonchev–Trinajstić information content (AvgIpc) is 2.77. The van der Waals surface area contributed by atoms with Gasteiger partial charge in [0.25, 0.3) is 0 Å². The van der Waals surface area contributed by atoms with Crippen LogP contribution in [-0.2, 0) is 4.79 Å². The molecule has 0 atom stereocenters. The third-order valence-electron chi connectivity index (χ3n) is 2.64. The molecule has 0 aliphatic carbocycles. The molecule has 2 rings (SSSR count). The number of aryl methyl sites for hydroxylation is 2. The second-order valence-corrected chi connectivity index (χ2v) is 4.60. The molecule has 0 unspecified atom stereocenters. The normalized spacial score (nSPS) is 12.3. The van der Waals surface area contributed by atoms with Gasteiger partial charge >= 0.3 is 0 Å². The quantitative estimate of drug-likeness (QED) is 0.604. The lowest BCUT2D eigenvalue weighted by Crippen LogP contribution is -1.91. The highest BCUT2D eigenvalue weighted by Crippen LogP contribution is 2.22. The SMILES string of the molecule is CCC(C=O)=Cc1c(C)nc2scc(C)n12. The van der Waals surface area contributed by atoms with Crippen LogP contribution in [0.5, 0.6) is 0 Å². The third-order valence-corrected chi connectivity index (χ3v) is 3.58. The smallest absolute Gasteiger partial charge is 0.194 e. The number of fused-ring (bicyclic) bond motifs is 1.